The average molecular weight is 392 g/mol. The van der Waals surface area contributed by atoms with Crippen LogP contribution in [-0.4, -0.2) is 44.6 Å². The molecule has 1 N–H and O–H groups in total. The SMILES string of the molecule is C/C(=N/NC(=O)C[C@@H]1CCS(=O)(=O)C1)c1ccc(N2CCCCCC2)cc1. The molecule has 148 valence electrons. The second kappa shape index (κ2) is 8.87. The summed E-state index contributed by atoms with van der Waals surface area (Å²) in [5, 5.41) is 4.18. The first-order valence-electron chi connectivity index (χ1n) is 9.82. The minimum atomic E-state index is -2.95. The summed E-state index contributed by atoms with van der Waals surface area (Å²) in [7, 11) is -2.95. The van der Waals surface area contributed by atoms with E-state index >= 15 is 0 Å². The molecule has 27 heavy (non-hydrogen) atoms. The first-order valence-corrected chi connectivity index (χ1v) is 11.6. The zero-order chi connectivity index (χ0) is 19.3. The molecule has 2 aliphatic heterocycles. The van der Waals surface area contributed by atoms with Crippen molar-refractivity contribution in [3.8, 4) is 0 Å². The van der Waals surface area contributed by atoms with Crippen LogP contribution in [-0.2, 0) is 14.6 Å². The van der Waals surface area contributed by atoms with Crippen LogP contribution in [0.15, 0.2) is 29.4 Å². The van der Waals surface area contributed by atoms with Crippen molar-refractivity contribution in [2.75, 3.05) is 29.5 Å². The highest BCUT2D eigenvalue weighted by atomic mass is 32.2. The van der Waals surface area contributed by atoms with Crippen molar-refractivity contribution in [2.45, 2.75) is 45.4 Å². The first kappa shape index (κ1) is 19.9. The van der Waals surface area contributed by atoms with E-state index in [1.807, 2.05) is 19.1 Å². The Balaban J connectivity index is 1.53. The van der Waals surface area contributed by atoms with Crippen molar-refractivity contribution in [2.24, 2.45) is 11.0 Å². The van der Waals surface area contributed by atoms with Crippen LogP contribution in [0, 0.1) is 5.92 Å². The van der Waals surface area contributed by atoms with Crippen LogP contribution in [0.3, 0.4) is 0 Å². The highest BCUT2D eigenvalue weighted by Gasteiger charge is 2.29. The molecule has 6 nitrogen and oxygen atoms in total. The fourth-order valence-corrected chi connectivity index (χ4v) is 5.66. The van der Waals surface area contributed by atoms with Crippen molar-refractivity contribution in [3.63, 3.8) is 0 Å². The molecule has 0 aliphatic carbocycles. The van der Waals surface area contributed by atoms with Crippen LogP contribution in [0.2, 0.25) is 0 Å². The maximum Gasteiger partial charge on any atom is 0.240 e. The number of rotatable bonds is 5. The average Bonchev–Trinajstić information content (AvgIpc) is 2.85. The Kier molecular flexibility index (Phi) is 6.52. The van der Waals surface area contributed by atoms with Crippen LogP contribution < -0.4 is 10.3 Å². The third-order valence-corrected chi connectivity index (χ3v) is 7.24. The summed E-state index contributed by atoms with van der Waals surface area (Å²) in [6.07, 6.45) is 5.90. The number of nitrogens with one attached hydrogen (secondary N) is 1. The van der Waals surface area contributed by atoms with Crippen molar-refractivity contribution in [1.29, 1.82) is 0 Å². The van der Waals surface area contributed by atoms with Gasteiger partial charge in [-0.2, -0.15) is 5.10 Å². The number of hydrogen-bond donors (Lipinski definition) is 1. The highest BCUT2D eigenvalue weighted by Crippen LogP contribution is 2.22. The molecule has 0 aromatic heterocycles. The topological polar surface area (TPSA) is 78.8 Å². The van der Waals surface area contributed by atoms with E-state index in [0.29, 0.717) is 6.42 Å². The van der Waals surface area contributed by atoms with Gasteiger partial charge in [0.15, 0.2) is 9.84 Å². The monoisotopic (exact) mass is 391 g/mol. The molecule has 2 saturated heterocycles. The third kappa shape index (κ3) is 5.79. The molecule has 7 heteroatoms. The van der Waals surface area contributed by atoms with Gasteiger partial charge in [-0.25, -0.2) is 13.8 Å². The molecule has 1 atom stereocenters. The van der Waals surface area contributed by atoms with E-state index in [1.54, 1.807) is 0 Å². The van der Waals surface area contributed by atoms with Crippen LogP contribution >= 0.6 is 0 Å². The Hall–Kier alpha value is -1.89. The molecule has 0 saturated carbocycles. The molecule has 0 unspecified atom stereocenters. The first-order chi connectivity index (χ1) is 12.9. The van der Waals surface area contributed by atoms with Crippen LogP contribution in [0.1, 0.15) is 51.0 Å². The Morgan fingerprint density at radius 3 is 2.41 bits per heavy atom. The van der Waals surface area contributed by atoms with E-state index in [-0.39, 0.29) is 29.8 Å². The zero-order valence-corrected chi connectivity index (χ0v) is 16.8. The second-order valence-corrected chi connectivity index (χ2v) is 9.88. The van der Waals surface area contributed by atoms with Gasteiger partial charge < -0.3 is 4.90 Å². The van der Waals surface area contributed by atoms with Gasteiger partial charge in [-0.15, -0.1) is 0 Å². The van der Waals surface area contributed by atoms with Crippen LogP contribution in [0.4, 0.5) is 5.69 Å². The van der Waals surface area contributed by atoms with E-state index in [9.17, 15) is 13.2 Å². The molecule has 2 heterocycles. The summed E-state index contributed by atoms with van der Waals surface area (Å²) < 4.78 is 22.9. The summed E-state index contributed by atoms with van der Waals surface area (Å²) in [6, 6.07) is 8.30. The van der Waals surface area contributed by atoms with Crippen molar-refractivity contribution >= 4 is 27.1 Å². The molecule has 0 spiro atoms. The van der Waals surface area contributed by atoms with Gasteiger partial charge in [0.1, 0.15) is 0 Å². The summed E-state index contributed by atoms with van der Waals surface area (Å²) in [6.45, 7) is 4.08. The molecule has 1 aromatic carbocycles. The minimum absolute atomic E-state index is 0.0848. The Morgan fingerprint density at radius 1 is 1.15 bits per heavy atom. The van der Waals surface area contributed by atoms with E-state index in [4.69, 9.17) is 0 Å². The Morgan fingerprint density at radius 2 is 1.81 bits per heavy atom. The van der Waals surface area contributed by atoms with E-state index in [1.165, 1.54) is 31.4 Å². The molecule has 3 rings (SSSR count). The number of hydrogen-bond acceptors (Lipinski definition) is 5. The van der Waals surface area contributed by atoms with Gasteiger partial charge in [0.2, 0.25) is 5.91 Å². The van der Waals surface area contributed by atoms with Crippen LogP contribution in [0.25, 0.3) is 0 Å². The molecule has 1 amide bonds. The number of anilines is 1. The second-order valence-electron chi connectivity index (χ2n) is 7.65. The number of hydrazone groups is 1. The lowest BCUT2D eigenvalue weighted by Crippen LogP contribution is -2.24. The smallest absolute Gasteiger partial charge is 0.240 e. The number of sulfone groups is 1. The third-order valence-electron chi connectivity index (χ3n) is 5.41. The van der Waals surface area contributed by atoms with E-state index < -0.39 is 9.84 Å². The van der Waals surface area contributed by atoms with E-state index in [2.05, 4.69) is 27.6 Å². The summed E-state index contributed by atoms with van der Waals surface area (Å²) in [4.78, 5) is 14.5. The largest absolute Gasteiger partial charge is 0.372 e. The number of carbonyl (C=O) groups is 1. The van der Waals surface area contributed by atoms with Gasteiger partial charge in [0.05, 0.1) is 17.2 Å². The zero-order valence-electron chi connectivity index (χ0n) is 16.0. The number of carbonyl (C=O) groups excluding carboxylic acids is 1. The fourth-order valence-electron chi connectivity index (χ4n) is 3.79. The summed E-state index contributed by atoms with van der Waals surface area (Å²) >= 11 is 0. The lowest BCUT2D eigenvalue weighted by atomic mass is 10.1. The molecular formula is C20H29N3O3S. The maximum atomic E-state index is 12.0. The number of nitrogens with zero attached hydrogens (tertiary/aromatic N) is 2. The molecular weight excluding hydrogens is 362 g/mol. The van der Waals surface area contributed by atoms with Gasteiger partial charge in [0.25, 0.3) is 0 Å². The number of amides is 1. The Bertz CT molecular complexity index is 779. The van der Waals surface area contributed by atoms with Gasteiger partial charge in [-0.3, -0.25) is 4.79 Å². The van der Waals surface area contributed by atoms with Gasteiger partial charge in [-0.05, 0) is 49.8 Å². The standard InChI is InChI=1S/C20H29N3O3S/c1-16(21-22-20(24)14-17-10-13-27(25,26)15-17)18-6-8-19(9-7-18)23-11-4-2-3-5-12-23/h6-9,17H,2-5,10-15H2,1H3,(H,22,24)/b21-16-/t17-/m0/s1. The quantitative estimate of drug-likeness (QED) is 0.618. The van der Waals surface area contributed by atoms with E-state index in [0.717, 1.165) is 24.4 Å². The Labute approximate surface area is 161 Å². The molecule has 1 aromatic rings. The van der Waals surface area contributed by atoms with Gasteiger partial charge in [-0.1, -0.05) is 25.0 Å². The lowest BCUT2D eigenvalue weighted by Gasteiger charge is -2.22. The number of benzene rings is 1. The molecule has 0 bridgehead atoms. The van der Waals surface area contributed by atoms with Gasteiger partial charge in [0, 0.05) is 25.2 Å². The predicted molar refractivity (Wildman–Crippen MR) is 109 cm³/mol. The van der Waals surface area contributed by atoms with Gasteiger partial charge >= 0.3 is 0 Å². The maximum absolute atomic E-state index is 12.0. The summed E-state index contributed by atoms with van der Waals surface area (Å²) in [5.41, 5.74) is 5.51. The van der Waals surface area contributed by atoms with Crippen molar-refractivity contribution in [1.82, 2.24) is 5.43 Å². The molecule has 2 aliphatic rings. The summed E-state index contributed by atoms with van der Waals surface area (Å²) in [5.74, 6) is -0.00595. The van der Waals surface area contributed by atoms with Crippen LogP contribution in [0.5, 0.6) is 0 Å². The van der Waals surface area contributed by atoms with Crippen molar-refractivity contribution in [3.05, 3.63) is 29.8 Å². The fraction of sp³-hybridized carbons (Fsp3) is 0.600. The molecule has 0 radical (unpaired) electrons. The minimum Gasteiger partial charge on any atom is -0.372 e. The van der Waals surface area contributed by atoms with Crippen molar-refractivity contribution < 1.29 is 13.2 Å². The predicted octanol–water partition coefficient (Wildman–Crippen LogP) is 2.73. The molecule has 2 fully saturated rings. The highest BCUT2D eigenvalue weighted by molar-refractivity contribution is 7.91. The lowest BCUT2D eigenvalue weighted by molar-refractivity contribution is -0.121. The normalized spacial score (nSPS) is 23.1.